The Kier molecular flexibility index (Phi) is 2.89. The molecule has 0 spiro atoms. The summed E-state index contributed by atoms with van der Waals surface area (Å²) in [6.07, 6.45) is 8.45. The molecule has 0 aliphatic heterocycles. The van der Waals surface area contributed by atoms with Crippen molar-refractivity contribution in [3.05, 3.63) is 47.6 Å². The summed E-state index contributed by atoms with van der Waals surface area (Å²) in [5.74, 6) is 0. The molecule has 2 aromatic rings. The van der Waals surface area contributed by atoms with Crippen LogP contribution in [0.1, 0.15) is 38.7 Å². The van der Waals surface area contributed by atoms with Gasteiger partial charge in [-0.05, 0) is 42.4 Å². The Morgan fingerprint density at radius 3 is 2.95 bits per heavy atom. The van der Waals surface area contributed by atoms with Crippen LogP contribution in [-0.4, -0.2) is 15.1 Å². The van der Waals surface area contributed by atoms with Crippen LogP contribution < -0.4 is 5.73 Å². The smallest absolute Gasteiger partial charge is 0.136 e. The summed E-state index contributed by atoms with van der Waals surface area (Å²) in [7, 11) is 0. The van der Waals surface area contributed by atoms with E-state index in [-0.39, 0.29) is 5.41 Å². The topological polar surface area (TPSA) is 67.2 Å². The Balaban J connectivity index is 1.96. The number of hydrogen-bond acceptors (Lipinski definition) is 3. The minimum atomic E-state index is 0.252. The number of fused-ring (bicyclic) bond motifs is 1. The van der Waals surface area contributed by atoms with Gasteiger partial charge in [0.05, 0.1) is 5.71 Å². The fourth-order valence-corrected chi connectivity index (χ4v) is 2.86. The van der Waals surface area contributed by atoms with Crippen molar-refractivity contribution in [2.24, 2.45) is 11.1 Å². The third kappa shape index (κ3) is 2.22. The van der Waals surface area contributed by atoms with E-state index in [9.17, 15) is 0 Å². The monoisotopic (exact) mass is 268 g/mol. The predicted octanol–water partition coefficient (Wildman–Crippen LogP) is 3.13. The van der Waals surface area contributed by atoms with Crippen molar-refractivity contribution < 1.29 is 0 Å². The SMILES string of the molecule is CC1(C)CCC(C(=N)c2ccc3nccn3c2)=C(N)C1. The fourth-order valence-electron chi connectivity index (χ4n) is 2.86. The highest BCUT2D eigenvalue weighted by Gasteiger charge is 2.27. The Bertz CT molecular complexity index is 706. The van der Waals surface area contributed by atoms with Gasteiger partial charge in [0.25, 0.3) is 0 Å². The Hall–Kier alpha value is -2.10. The number of rotatable bonds is 2. The molecule has 0 atom stereocenters. The lowest BCUT2D eigenvalue weighted by Gasteiger charge is -2.31. The van der Waals surface area contributed by atoms with E-state index in [4.69, 9.17) is 11.1 Å². The van der Waals surface area contributed by atoms with Crippen LogP contribution in [-0.2, 0) is 0 Å². The third-order valence-electron chi connectivity index (χ3n) is 4.09. The van der Waals surface area contributed by atoms with Crippen molar-refractivity contribution >= 4 is 11.4 Å². The Morgan fingerprint density at radius 2 is 2.20 bits per heavy atom. The maximum atomic E-state index is 8.44. The van der Waals surface area contributed by atoms with Crippen molar-refractivity contribution in [1.29, 1.82) is 5.41 Å². The summed E-state index contributed by atoms with van der Waals surface area (Å²) in [5, 5.41) is 8.44. The zero-order valence-electron chi connectivity index (χ0n) is 12.0. The summed E-state index contributed by atoms with van der Waals surface area (Å²) in [6.45, 7) is 4.47. The van der Waals surface area contributed by atoms with Crippen LogP contribution in [0.25, 0.3) is 5.65 Å². The molecule has 1 aliphatic rings. The highest BCUT2D eigenvalue weighted by molar-refractivity contribution is 6.11. The molecule has 0 radical (unpaired) electrons. The summed E-state index contributed by atoms with van der Waals surface area (Å²) in [6, 6.07) is 3.89. The zero-order chi connectivity index (χ0) is 14.3. The molecule has 0 saturated heterocycles. The number of nitrogens with one attached hydrogen (secondary N) is 1. The van der Waals surface area contributed by atoms with Crippen LogP contribution in [0.5, 0.6) is 0 Å². The Morgan fingerprint density at radius 1 is 1.40 bits per heavy atom. The van der Waals surface area contributed by atoms with Crippen LogP contribution in [0.15, 0.2) is 42.0 Å². The van der Waals surface area contributed by atoms with Gasteiger partial charge in [-0.1, -0.05) is 13.8 Å². The first-order valence-corrected chi connectivity index (χ1v) is 6.96. The molecule has 0 saturated carbocycles. The average molecular weight is 268 g/mol. The molecule has 20 heavy (non-hydrogen) atoms. The van der Waals surface area contributed by atoms with Crippen molar-refractivity contribution in [3.8, 4) is 0 Å². The van der Waals surface area contributed by atoms with Crippen molar-refractivity contribution in [2.45, 2.75) is 33.1 Å². The normalized spacial score (nSPS) is 18.5. The number of nitrogens with two attached hydrogens (primary N) is 1. The Labute approximate surface area is 118 Å². The minimum Gasteiger partial charge on any atom is -0.402 e. The van der Waals surface area contributed by atoms with Crippen molar-refractivity contribution in [2.75, 3.05) is 0 Å². The average Bonchev–Trinajstić information content (AvgIpc) is 2.84. The maximum Gasteiger partial charge on any atom is 0.136 e. The number of aromatic nitrogens is 2. The quantitative estimate of drug-likeness (QED) is 0.822. The fraction of sp³-hybridized carbons (Fsp3) is 0.375. The van der Waals surface area contributed by atoms with Gasteiger partial charge in [0.2, 0.25) is 0 Å². The molecule has 1 aliphatic carbocycles. The second-order valence-corrected chi connectivity index (χ2v) is 6.33. The molecule has 2 aromatic heterocycles. The molecular weight excluding hydrogens is 248 g/mol. The lowest BCUT2D eigenvalue weighted by molar-refractivity contribution is 0.315. The van der Waals surface area contributed by atoms with Crippen LogP contribution in [0.4, 0.5) is 0 Å². The lowest BCUT2D eigenvalue weighted by atomic mass is 9.75. The first-order chi connectivity index (χ1) is 9.46. The van der Waals surface area contributed by atoms with Gasteiger partial charge in [-0.3, -0.25) is 5.41 Å². The number of imidazole rings is 1. The molecule has 3 N–H and O–H groups in total. The van der Waals surface area contributed by atoms with Gasteiger partial charge in [0.15, 0.2) is 0 Å². The first kappa shape index (κ1) is 12.9. The molecule has 2 heterocycles. The van der Waals surface area contributed by atoms with E-state index in [1.165, 1.54) is 0 Å². The van der Waals surface area contributed by atoms with Gasteiger partial charge >= 0.3 is 0 Å². The second kappa shape index (κ2) is 4.47. The van der Waals surface area contributed by atoms with Crippen LogP contribution in [0, 0.1) is 10.8 Å². The highest BCUT2D eigenvalue weighted by atomic mass is 15.0. The van der Waals surface area contributed by atoms with Crippen LogP contribution in [0.3, 0.4) is 0 Å². The van der Waals surface area contributed by atoms with Crippen LogP contribution in [0.2, 0.25) is 0 Å². The molecule has 4 heteroatoms. The molecule has 0 amide bonds. The highest BCUT2D eigenvalue weighted by Crippen LogP contribution is 2.37. The molecule has 104 valence electrons. The molecule has 0 fully saturated rings. The van der Waals surface area contributed by atoms with Gasteiger partial charge < -0.3 is 10.1 Å². The molecule has 0 unspecified atom stereocenters. The predicted molar refractivity (Wildman–Crippen MR) is 80.9 cm³/mol. The molecule has 0 aromatic carbocycles. The molecule has 3 rings (SSSR count). The number of pyridine rings is 1. The number of hydrogen-bond donors (Lipinski definition) is 2. The van der Waals surface area contributed by atoms with E-state index in [2.05, 4.69) is 18.8 Å². The maximum absolute atomic E-state index is 8.44. The summed E-state index contributed by atoms with van der Waals surface area (Å²) in [5.41, 5.74) is 10.7. The third-order valence-corrected chi connectivity index (χ3v) is 4.09. The van der Waals surface area contributed by atoms with Gasteiger partial charge in [-0.2, -0.15) is 0 Å². The standard InChI is InChI=1S/C16H20N4/c1-16(2)6-5-12(13(17)9-16)15(18)11-3-4-14-19-7-8-20(14)10-11/h3-4,7-8,10,18H,5-6,9,17H2,1-2H3. The van der Waals surface area contributed by atoms with Gasteiger partial charge in [-0.25, -0.2) is 4.98 Å². The molecule has 4 nitrogen and oxygen atoms in total. The number of allylic oxidation sites excluding steroid dienone is 2. The van der Waals surface area contributed by atoms with Gasteiger partial charge in [0, 0.05) is 29.9 Å². The van der Waals surface area contributed by atoms with E-state index in [0.717, 1.165) is 41.7 Å². The lowest BCUT2D eigenvalue weighted by Crippen LogP contribution is -2.25. The summed E-state index contributed by atoms with van der Waals surface area (Å²) >= 11 is 0. The molecular formula is C16H20N4. The van der Waals surface area contributed by atoms with Crippen LogP contribution >= 0.6 is 0 Å². The van der Waals surface area contributed by atoms with Gasteiger partial charge in [-0.15, -0.1) is 0 Å². The molecule has 0 bridgehead atoms. The van der Waals surface area contributed by atoms with E-state index in [1.54, 1.807) is 6.20 Å². The largest absolute Gasteiger partial charge is 0.402 e. The van der Waals surface area contributed by atoms with Crippen molar-refractivity contribution in [3.63, 3.8) is 0 Å². The van der Waals surface area contributed by atoms with Crippen molar-refractivity contribution in [1.82, 2.24) is 9.38 Å². The van der Waals surface area contributed by atoms with E-state index in [0.29, 0.717) is 5.71 Å². The second-order valence-electron chi connectivity index (χ2n) is 6.33. The summed E-state index contributed by atoms with van der Waals surface area (Å²) in [4.78, 5) is 4.22. The van der Waals surface area contributed by atoms with E-state index in [1.807, 2.05) is 28.9 Å². The number of nitrogens with zero attached hydrogens (tertiary/aromatic N) is 2. The van der Waals surface area contributed by atoms with E-state index < -0.39 is 0 Å². The minimum absolute atomic E-state index is 0.252. The summed E-state index contributed by atoms with van der Waals surface area (Å²) < 4.78 is 1.94. The van der Waals surface area contributed by atoms with Gasteiger partial charge in [0.1, 0.15) is 5.65 Å². The first-order valence-electron chi connectivity index (χ1n) is 6.96. The zero-order valence-corrected chi connectivity index (χ0v) is 12.0. The van der Waals surface area contributed by atoms with E-state index >= 15 is 0 Å².